The molecule has 16 aromatic carbocycles. The first-order valence-corrected chi connectivity index (χ1v) is 43.9. The molecule has 0 aromatic heterocycles. The standard InChI is InChI=1S/C119H110N2/c1-13-21-83-27-31-87(32-28-83)93-43-61-103(62-44-93)120(105-65-47-95(48-66-105)91-39-57-101(58-40-91)117(9,10)99-53-35-89(36-54-99)85-23-17-15-18-24-85)107-69-71-109(81(3)75-107)97-51-73-111-113(77-97)119(79-115(111,5)6)80-116(7,8)112-74-52-98(78-114(112)119)110-72-70-108(76-82(110)4)121(104-63-45-94(46-64-104)88-33-29-84(22-14-2)30-34-88)106-67-49-96(50-68-106)92-41-59-102(60-42-92)118(11,12)100-55-37-90(38-56-100)86-25-19-16-20-26-86/h15-20,23-78H,13-14,21-22,79-80H2,1-12H3. The van der Waals surface area contributed by atoms with Gasteiger partial charge in [-0.25, -0.2) is 0 Å². The van der Waals surface area contributed by atoms with Crippen LogP contribution < -0.4 is 9.80 Å². The number of rotatable bonds is 22. The average molecular weight is 1570 g/mol. The van der Waals surface area contributed by atoms with E-state index in [-0.39, 0.29) is 27.1 Å². The van der Waals surface area contributed by atoms with E-state index in [0.717, 1.165) is 72.6 Å². The van der Waals surface area contributed by atoms with Crippen molar-refractivity contribution in [2.24, 2.45) is 0 Å². The van der Waals surface area contributed by atoms with Gasteiger partial charge in [0.15, 0.2) is 0 Å². The molecule has 16 aromatic rings. The van der Waals surface area contributed by atoms with Crippen molar-refractivity contribution in [2.75, 3.05) is 9.80 Å². The minimum atomic E-state index is -0.187. The maximum absolute atomic E-state index is 2.60. The third-order valence-electron chi connectivity index (χ3n) is 27.0. The summed E-state index contributed by atoms with van der Waals surface area (Å²) < 4.78 is 0. The second kappa shape index (κ2) is 32.3. The van der Waals surface area contributed by atoms with Gasteiger partial charge in [-0.15, -0.1) is 0 Å². The highest BCUT2D eigenvalue weighted by Gasteiger charge is 2.56. The fourth-order valence-corrected chi connectivity index (χ4v) is 20.2. The third-order valence-corrected chi connectivity index (χ3v) is 27.0. The van der Waals surface area contributed by atoms with Crippen LogP contribution in [0.5, 0.6) is 0 Å². The van der Waals surface area contributed by atoms with E-state index in [2.05, 4.69) is 469 Å². The Kier molecular flexibility index (Phi) is 21.2. The Bertz CT molecular complexity index is 5970. The van der Waals surface area contributed by atoms with Crippen molar-refractivity contribution in [1.29, 1.82) is 0 Å². The number of aryl methyl sites for hydroxylation is 4. The second-order valence-corrected chi connectivity index (χ2v) is 36.8. The largest absolute Gasteiger partial charge is 0.310 e. The lowest BCUT2D eigenvalue weighted by Crippen LogP contribution is -2.27. The summed E-state index contributed by atoms with van der Waals surface area (Å²) in [5, 5.41) is 0. The lowest BCUT2D eigenvalue weighted by atomic mass is 9.72. The van der Waals surface area contributed by atoms with E-state index in [1.54, 1.807) is 0 Å². The van der Waals surface area contributed by atoms with Crippen molar-refractivity contribution in [2.45, 2.75) is 149 Å². The van der Waals surface area contributed by atoms with Crippen molar-refractivity contribution in [3.05, 3.63) is 443 Å². The molecule has 0 radical (unpaired) electrons. The van der Waals surface area contributed by atoms with Gasteiger partial charge in [-0.05, 0) is 291 Å². The summed E-state index contributed by atoms with van der Waals surface area (Å²) in [6, 6.07) is 142. The van der Waals surface area contributed by atoms with Gasteiger partial charge in [-0.2, -0.15) is 0 Å². The van der Waals surface area contributed by atoms with Gasteiger partial charge in [0, 0.05) is 50.4 Å². The SMILES string of the molecule is CCCc1ccc(-c2ccc(N(c3ccc(-c4ccc(C(C)(C)c5ccc(-c6ccccc6)cc5)cc4)cc3)c3ccc(-c4ccc5c(c4)C4(CC5(C)C)CC(C)(C)c5ccc(-c6ccc(N(c7ccc(-c8ccc(CCC)cc8)cc7)c7ccc(-c8ccc(C(C)(C)c9ccc(-c%10ccccc%10)cc9)cc8)cc7)cc6C)cc54)c(C)c3)cc2)cc1. The topological polar surface area (TPSA) is 6.48 Å². The van der Waals surface area contributed by atoms with Crippen molar-refractivity contribution >= 4 is 34.1 Å². The van der Waals surface area contributed by atoms with E-state index in [0.29, 0.717) is 0 Å². The van der Waals surface area contributed by atoms with Gasteiger partial charge in [-0.3, -0.25) is 0 Å². The number of fused-ring (bicyclic) bond motifs is 4. The maximum Gasteiger partial charge on any atom is 0.0464 e. The molecule has 0 fully saturated rings. The molecule has 0 saturated heterocycles. The van der Waals surface area contributed by atoms with Crippen LogP contribution in [0.15, 0.2) is 376 Å². The molecule has 0 saturated carbocycles. The summed E-state index contributed by atoms with van der Waals surface area (Å²) in [5.74, 6) is 0. The van der Waals surface area contributed by atoms with Gasteiger partial charge in [-0.1, -0.05) is 373 Å². The molecule has 0 amide bonds. The summed E-state index contributed by atoms with van der Waals surface area (Å²) in [5.41, 5.74) is 42.0. The first kappa shape index (κ1) is 79.2. The van der Waals surface area contributed by atoms with Crippen LogP contribution in [0.4, 0.5) is 34.1 Å². The molecule has 0 aliphatic heterocycles. The molecular weight excluding hydrogens is 1460 g/mol. The highest BCUT2D eigenvalue weighted by molar-refractivity contribution is 5.86. The van der Waals surface area contributed by atoms with E-state index >= 15 is 0 Å². The molecule has 0 N–H and O–H groups in total. The Morgan fingerprint density at radius 1 is 0.240 bits per heavy atom. The number of nitrogens with zero attached hydrogens (tertiary/aromatic N) is 2. The predicted molar refractivity (Wildman–Crippen MR) is 516 cm³/mol. The zero-order valence-corrected chi connectivity index (χ0v) is 72.4. The van der Waals surface area contributed by atoms with Crippen molar-refractivity contribution in [3.8, 4) is 89.0 Å². The summed E-state index contributed by atoms with van der Waals surface area (Å²) in [4.78, 5) is 4.87. The van der Waals surface area contributed by atoms with Gasteiger partial charge >= 0.3 is 0 Å². The fraction of sp³-hybridized carbons (Fsp3) is 0.193. The van der Waals surface area contributed by atoms with E-state index in [9.17, 15) is 0 Å². The zero-order valence-electron chi connectivity index (χ0n) is 72.4. The quantitative estimate of drug-likeness (QED) is 0.0667. The summed E-state index contributed by atoms with van der Waals surface area (Å²) in [6.07, 6.45) is 6.55. The van der Waals surface area contributed by atoms with Crippen molar-refractivity contribution in [1.82, 2.24) is 0 Å². The number of benzene rings is 16. The van der Waals surface area contributed by atoms with Crippen LogP contribution in [0.3, 0.4) is 0 Å². The van der Waals surface area contributed by atoms with E-state index in [1.807, 2.05) is 0 Å². The Morgan fingerprint density at radius 2 is 0.471 bits per heavy atom. The molecule has 0 unspecified atom stereocenters. The molecule has 121 heavy (non-hydrogen) atoms. The van der Waals surface area contributed by atoms with Crippen LogP contribution in [0.1, 0.15) is 162 Å². The van der Waals surface area contributed by atoms with Crippen LogP contribution in [-0.4, -0.2) is 0 Å². The molecule has 2 nitrogen and oxygen atoms in total. The summed E-state index contributed by atoms with van der Waals surface area (Å²) in [6.45, 7) is 28.4. The minimum absolute atomic E-state index is 0.0445. The summed E-state index contributed by atoms with van der Waals surface area (Å²) in [7, 11) is 0. The smallest absolute Gasteiger partial charge is 0.0464 e. The van der Waals surface area contributed by atoms with E-state index in [1.165, 1.54) is 156 Å². The second-order valence-electron chi connectivity index (χ2n) is 36.8. The molecule has 1 spiro atoms. The molecule has 2 heteroatoms. The predicted octanol–water partition coefficient (Wildman–Crippen LogP) is 32.8. The van der Waals surface area contributed by atoms with Gasteiger partial charge in [0.25, 0.3) is 0 Å². The van der Waals surface area contributed by atoms with Crippen LogP contribution in [0, 0.1) is 13.8 Å². The Labute approximate surface area is 719 Å². The van der Waals surface area contributed by atoms with E-state index in [4.69, 9.17) is 0 Å². The monoisotopic (exact) mass is 1570 g/mol. The van der Waals surface area contributed by atoms with E-state index < -0.39 is 0 Å². The van der Waals surface area contributed by atoms with Crippen molar-refractivity contribution in [3.63, 3.8) is 0 Å². The van der Waals surface area contributed by atoms with Gasteiger partial charge in [0.1, 0.15) is 0 Å². The highest BCUT2D eigenvalue weighted by atomic mass is 15.1. The molecule has 2 aliphatic carbocycles. The van der Waals surface area contributed by atoms with Gasteiger partial charge in [0.2, 0.25) is 0 Å². The molecular formula is C119H110N2. The van der Waals surface area contributed by atoms with Crippen LogP contribution in [0.2, 0.25) is 0 Å². The number of hydrogen-bond acceptors (Lipinski definition) is 2. The Hall–Kier alpha value is -12.9. The lowest BCUT2D eigenvalue weighted by molar-refractivity contribution is 0.349. The third kappa shape index (κ3) is 15.4. The first-order chi connectivity index (χ1) is 58.6. The minimum Gasteiger partial charge on any atom is -0.310 e. The number of anilines is 6. The lowest BCUT2D eigenvalue weighted by Gasteiger charge is -2.31. The highest BCUT2D eigenvalue weighted by Crippen LogP contribution is 2.64. The Balaban J connectivity index is 0.643. The molecule has 2 aliphatic rings. The molecule has 18 rings (SSSR count). The average Bonchev–Trinajstić information content (AvgIpc) is 1.52. The number of hydrogen-bond donors (Lipinski definition) is 0. The van der Waals surface area contributed by atoms with Crippen molar-refractivity contribution < 1.29 is 0 Å². The van der Waals surface area contributed by atoms with Gasteiger partial charge in [0.05, 0.1) is 0 Å². The summed E-state index contributed by atoms with van der Waals surface area (Å²) >= 11 is 0. The first-order valence-electron chi connectivity index (χ1n) is 43.9. The zero-order chi connectivity index (χ0) is 83.4. The fourth-order valence-electron chi connectivity index (χ4n) is 20.2. The normalized spacial score (nSPS) is 13.7. The maximum atomic E-state index is 2.60. The molecule has 596 valence electrons. The van der Waals surface area contributed by atoms with Gasteiger partial charge < -0.3 is 9.80 Å². The molecule has 0 atom stereocenters. The van der Waals surface area contributed by atoms with Crippen LogP contribution >= 0.6 is 0 Å². The molecule has 0 bridgehead atoms. The molecule has 0 heterocycles. The Morgan fingerprint density at radius 3 is 0.727 bits per heavy atom. The van der Waals surface area contributed by atoms with Crippen LogP contribution in [0.25, 0.3) is 89.0 Å². The van der Waals surface area contributed by atoms with Crippen LogP contribution in [-0.2, 0) is 39.9 Å².